The number of nitro benzene ring substituents is 1. The van der Waals surface area contributed by atoms with Gasteiger partial charge in [-0.2, -0.15) is 0 Å². The molecule has 2 aromatic rings. The molecule has 0 aliphatic heterocycles. The van der Waals surface area contributed by atoms with E-state index in [4.69, 9.17) is 0 Å². The zero-order valence-corrected chi connectivity index (χ0v) is 12.1. The molecule has 114 valence electrons. The standard InChI is InChI=1S/C14H14N4O4/c1-9-6-14(20)17(10(2)15-9)8-13(19)16-11-4-3-5-12(7-11)18(21)22/h3-7H,8H2,1-2H3,(H,16,19). The van der Waals surface area contributed by atoms with E-state index in [-0.39, 0.29) is 17.8 Å². The first-order valence-electron chi connectivity index (χ1n) is 6.46. The summed E-state index contributed by atoms with van der Waals surface area (Å²) in [6.07, 6.45) is 0. The Morgan fingerprint density at radius 3 is 2.73 bits per heavy atom. The molecule has 0 fully saturated rings. The van der Waals surface area contributed by atoms with Crippen LogP contribution in [0, 0.1) is 24.0 Å². The summed E-state index contributed by atoms with van der Waals surface area (Å²) in [7, 11) is 0. The van der Waals surface area contributed by atoms with E-state index < -0.39 is 10.8 Å². The summed E-state index contributed by atoms with van der Waals surface area (Å²) in [5.41, 5.74) is 0.435. The van der Waals surface area contributed by atoms with Crippen molar-refractivity contribution in [3.05, 3.63) is 62.3 Å². The van der Waals surface area contributed by atoms with Gasteiger partial charge in [0.15, 0.2) is 0 Å². The number of anilines is 1. The van der Waals surface area contributed by atoms with E-state index >= 15 is 0 Å². The number of nitrogens with zero attached hydrogens (tertiary/aromatic N) is 3. The van der Waals surface area contributed by atoms with Crippen molar-refractivity contribution in [1.82, 2.24) is 9.55 Å². The van der Waals surface area contributed by atoms with E-state index in [2.05, 4.69) is 10.3 Å². The molecule has 0 bridgehead atoms. The topological polar surface area (TPSA) is 107 Å². The molecule has 8 nitrogen and oxygen atoms in total. The second-order valence-corrected chi connectivity index (χ2v) is 4.72. The molecule has 2 rings (SSSR count). The quantitative estimate of drug-likeness (QED) is 0.678. The Kier molecular flexibility index (Phi) is 4.31. The van der Waals surface area contributed by atoms with Gasteiger partial charge in [-0.1, -0.05) is 6.07 Å². The SMILES string of the molecule is Cc1cc(=O)n(CC(=O)Nc2cccc([N+](=O)[O-])c2)c(C)n1. The molecule has 1 N–H and O–H groups in total. The molecule has 1 aromatic heterocycles. The highest BCUT2D eigenvalue weighted by atomic mass is 16.6. The molecule has 0 atom stereocenters. The molecule has 0 aliphatic rings. The lowest BCUT2D eigenvalue weighted by molar-refractivity contribution is -0.384. The molecular formula is C14H14N4O4. The number of carbonyl (C=O) groups is 1. The van der Waals surface area contributed by atoms with Crippen molar-refractivity contribution in [2.45, 2.75) is 20.4 Å². The molecule has 22 heavy (non-hydrogen) atoms. The fourth-order valence-corrected chi connectivity index (χ4v) is 2.00. The van der Waals surface area contributed by atoms with Crippen molar-refractivity contribution >= 4 is 17.3 Å². The predicted octanol–water partition coefficient (Wildman–Crippen LogP) is 1.41. The van der Waals surface area contributed by atoms with Crippen LogP contribution in [0.1, 0.15) is 11.5 Å². The van der Waals surface area contributed by atoms with Crippen LogP contribution in [0.5, 0.6) is 0 Å². The van der Waals surface area contributed by atoms with Crippen LogP contribution in [0.4, 0.5) is 11.4 Å². The highest BCUT2D eigenvalue weighted by Gasteiger charge is 2.11. The number of carbonyl (C=O) groups excluding carboxylic acids is 1. The Labute approximate surface area is 125 Å². The monoisotopic (exact) mass is 302 g/mol. The third kappa shape index (κ3) is 3.54. The van der Waals surface area contributed by atoms with Gasteiger partial charge in [0.25, 0.3) is 11.2 Å². The van der Waals surface area contributed by atoms with E-state index in [1.54, 1.807) is 13.8 Å². The number of nitrogens with one attached hydrogen (secondary N) is 1. The first-order valence-corrected chi connectivity index (χ1v) is 6.46. The minimum absolute atomic E-state index is 0.122. The number of non-ortho nitro benzene ring substituents is 1. The van der Waals surface area contributed by atoms with Crippen LogP contribution in [-0.2, 0) is 11.3 Å². The van der Waals surface area contributed by atoms with Crippen LogP contribution in [0.2, 0.25) is 0 Å². The van der Waals surface area contributed by atoms with Gasteiger partial charge in [0.05, 0.1) is 4.92 Å². The first-order chi connectivity index (χ1) is 10.4. The summed E-state index contributed by atoms with van der Waals surface area (Å²) in [6.45, 7) is 3.12. The lowest BCUT2D eigenvalue weighted by atomic mass is 10.3. The van der Waals surface area contributed by atoms with Crippen LogP contribution in [-0.4, -0.2) is 20.4 Å². The molecule has 0 saturated heterocycles. The maximum absolute atomic E-state index is 12.0. The van der Waals surface area contributed by atoms with Gasteiger partial charge < -0.3 is 5.32 Å². The fourth-order valence-electron chi connectivity index (χ4n) is 2.00. The number of amides is 1. The number of hydrogen-bond donors (Lipinski definition) is 1. The average molecular weight is 302 g/mol. The van der Waals surface area contributed by atoms with Crippen LogP contribution in [0.3, 0.4) is 0 Å². The summed E-state index contributed by atoms with van der Waals surface area (Å²) >= 11 is 0. The summed E-state index contributed by atoms with van der Waals surface area (Å²) in [5.74, 6) is -0.0319. The van der Waals surface area contributed by atoms with E-state index in [1.165, 1.54) is 34.9 Å². The lowest BCUT2D eigenvalue weighted by Crippen LogP contribution is -2.30. The summed E-state index contributed by atoms with van der Waals surface area (Å²) in [5, 5.41) is 13.2. The van der Waals surface area contributed by atoms with Crippen molar-refractivity contribution in [3.8, 4) is 0 Å². The van der Waals surface area contributed by atoms with Crippen LogP contribution < -0.4 is 10.9 Å². The Morgan fingerprint density at radius 1 is 1.36 bits per heavy atom. The largest absolute Gasteiger partial charge is 0.324 e. The third-order valence-electron chi connectivity index (χ3n) is 2.97. The normalized spacial score (nSPS) is 10.3. The maximum Gasteiger partial charge on any atom is 0.271 e. The number of aromatic nitrogens is 2. The smallest absolute Gasteiger partial charge is 0.271 e. The van der Waals surface area contributed by atoms with E-state index in [0.29, 0.717) is 17.2 Å². The Morgan fingerprint density at radius 2 is 2.09 bits per heavy atom. The zero-order chi connectivity index (χ0) is 16.3. The van der Waals surface area contributed by atoms with Gasteiger partial charge in [0, 0.05) is 29.6 Å². The van der Waals surface area contributed by atoms with Crippen LogP contribution >= 0.6 is 0 Å². The van der Waals surface area contributed by atoms with Crippen LogP contribution in [0.25, 0.3) is 0 Å². The van der Waals surface area contributed by atoms with Gasteiger partial charge >= 0.3 is 0 Å². The summed E-state index contributed by atoms with van der Waals surface area (Å²) in [6, 6.07) is 6.93. The average Bonchev–Trinajstić information content (AvgIpc) is 2.43. The molecule has 1 aromatic carbocycles. The van der Waals surface area contributed by atoms with Crippen molar-refractivity contribution < 1.29 is 9.72 Å². The van der Waals surface area contributed by atoms with Gasteiger partial charge in [-0.15, -0.1) is 0 Å². The highest BCUT2D eigenvalue weighted by molar-refractivity contribution is 5.90. The number of benzene rings is 1. The molecule has 0 spiro atoms. The minimum Gasteiger partial charge on any atom is -0.324 e. The first kappa shape index (κ1) is 15.4. The van der Waals surface area contributed by atoms with Crippen molar-refractivity contribution in [2.24, 2.45) is 0 Å². The Hall–Kier alpha value is -3.03. The minimum atomic E-state index is -0.547. The van der Waals surface area contributed by atoms with Gasteiger partial charge in [-0.3, -0.25) is 24.3 Å². The van der Waals surface area contributed by atoms with Gasteiger partial charge in [-0.05, 0) is 19.9 Å². The van der Waals surface area contributed by atoms with Gasteiger partial charge in [0.1, 0.15) is 12.4 Å². The van der Waals surface area contributed by atoms with Gasteiger partial charge in [0.2, 0.25) is 5.91 Å². The molecule has 1 heterocycles. The van der Waals surface area contributed by atoms with Crippen molar-refractivity contribution in [3.63, 3.8) is 0 Å². The molecule has 0 saturated carbocycles. The number of aryl methyl sites for hydroxylation is 2. The van der Waals surface area contributed by atoms with E-state index in [1.807, 2.05) is 0 Å². The lowest BCUT2D eigenvalue weighted by Gasteiger charge is -2.10. The number of hydrogen-bond acceptors (Lipinski definition) is 5. The molecule has 8 heteroatoms. The van der Waals surface area contributed by atoms with Gasteiger partial charge in [-0.25, -0.2) is 4.98 Å². The van der Waals surface area contributed by atoms with Crippen LogP contribution in [0.15, 0.2) is 35.1 Å². The second kappa shape index (κ2) is 6.17. The molecule has 0 unspecified atom stereocenters. The predicted molar refractivity (Wildman–Crippen MR) is 79.7 cm³/mol. The molecule has 0 radical (unpaired) electrons. The van der Waals surface area contributed by atoms with Crippen molar-refractivity contribution in [1.29, 1.82) is 0 Å². The number of rotatable bonds is 4. The molecular weight excluding hydrogens is 288 g/mol. The Balaban J connectivity index is 2.16. The second-order valence-electron chi connectivity index (χ2n) is 4.72. The van der Waals surface area contributed by atoms with E-state index in [9.17, 15) is 19.7 Å². The molecule has 0 aliphatic carbocycles. The summed E-state index contributed by atoms with van der Waals surface area (Å²) < 4.78 is 1.24. The molecule has 1 amide bonds. The maximum atomic E-state index is 12.0. The highest BCUT2D eigenvalue weighted by Crippen LogP contribution is 2.16. The zero-order valence-electron chi connectivity index (χ0n) is 12.1. The summed E-state index contributed by atoms with van der Waals surface area (Å²) in [4.78, 5) is 38.1. The van der Waals surface area contributed by atoms with Crippen molar-refractivity contribution in [2.75, 3.05) is 5.32 Å². The number of nitro groups is 1. The fraction of sp³-hybridized carbons (Fsp3) is 0.214. The Bertz CT molecular complexity index is 798. The third-order valence-corrected chi connectivity index (χ3v) is 2.97. The van der Waals surface area contributed by atoms with E-state index in [0.717, 1.165) is 0 Å².